The van der Waals surface area contributed by atoms with Gasteiger partial charge in [0.1, 0.15) is 0 Å². The van der Waals surface area contributed by atoms with E-state index in [1.165, 1.54) is 29.8 Å². The molecule has 102 valence electrons. The van der Waals surface area contributed by atoms with Crippen LogP contribution in [0.4, 0.5) is 0 Å². The van der Waals surface area contributed by atoms with Crippen LogP contribution in [-0.4, -0.2) is 20.4 Å². The van der Waals surface area contributed by atoms with Crippen LogP contribution in [-0.2, 0) is 26.6 Å². The highest BCUT2D eigenvalue weighted by Crippen LogP contribution is 2.19. The molecule has 4 nitrogen and oxygen atoms in total. The van der Waals surface area contributed by atoms with Gasteiger partial charge in [0.15, 0.2) is 0 Å². The van der Waals surface area contributed by atoms with Crippen molar-refractivity contribution in [1.82, 2.24) is 19.7 Å². The molecule has 0 aliphatic heterocycles. The van der Waals surface area contributed by atoms with E-state index in [2.05, 4.69) is 46.4 Å². The Morgan fingerprint density at radius 3 is 2.95 bits per heavy atom. The summed E-state index contributed by atoms with van der Waals surface area (Å²) in [6.07, 6.45) is 8.07. The maximum atomic E-state index is 4.49. The Labute approximate surface area is 114 Å². The fourth-order valence-electron chi connectivity index (χ4n) is 2.32. The van der Waals surface area contributed by atoms with Crippen LogP contribution in [0, 0.1) is 0 Å². The topological polar surface area (TPSA) is 34.8 Å². The largest absolute Gasteiger partial charge is 0.348 e. The molecule has 4 heteroatoms. The molecule has 0 atom stereocenters. The first-order chi connectivity index (χ1) is 9.24. The van der Waals surface area contributed by atoms with Crippen LogP contribution in [0.2, 0.25) is 0 Å². The second-order valence-electron chi connectivity index (χ2n) is 5.45. The summed E-state index contributed by atoms with van der Waals surface area (Å²) in [5.41, 5.74) is 3.79. The molecule has 0 spiro atoms. The molecule has 0 amide bonds. The number of hydrogen-bond donors (Lipinski definition) is 1. The van der Waals surface area contributed by atoms with Gasteiger partial charge in [-0.1, -0.05) is 6.92 Å². The molecule has 19 heavy (non-hydrogen) atoms. The third-order valence-electron chi connectivity index (χ3n) is 3.72. The van der Waals surface area contributed by atoms with Gasteiger partial charge in [-0.25, -0.2) is 0 Å². The smallest absolute Gasteiger partial charge is 0.0639 e. The lowest BCUT2D eigenvalue weighted by Gasteiger charge is -2.03. The second-order valence-corrected chi connectivity index (χ2v) is 5.45. The highest BCUT2D eigenvalue weighted by atomic mass is 15.3. The van der Waals surface area contributed by atoms with Crippen LogP contribution >= 0.6 is 0 Å². The average molecular weight is 258 g/mol. The summed E-state index contributed by atoms with van der Waals surface area (Å²) in [5.74, 6) is 0. The van der Waals surface area contributed by atoms with E-state index in [0.717, 1.165) is 25.6 Å². The SMILES string of the molecule is CCc1cc(Cn2ccc(CNC3CC3)c2)n(C)n1. The minimum Gasteiger partial charge on any atom is -0.348 e. The zero-order chi connectivity index (χ0) is 13.2. The fraction of sp³-hybridized carbons (Fsp3) is 0.533. The van der Waals surface area contributed by atoms with Gasteiger partial charge in [0.05, 0.1) is 17.9 Å². The van der Waals surface area contributed by atoms with Gasteiger partial charge in [-0.05, 0) is 37.0 Å². The van der Waals surface area contributed by atoms with Gasteiger partial charge in [0.25, 0.3) is 0 Å². The molecular weight excluding hydrogens is 236 g/mol. The summed E-state index contributed by atoms with van der Waals surface area (Å²) >= 11 is 0. The van der Waals surface area contributed by atoms with Gasteiger partial charge in [-0.2, -0.15) is 5.10 Å². The van der Waals surface area contributed by atoms with Crippen LogP contribution in [0.15, 0.2) is 24.5 Å². The molecule has 2 aromatic rings. The number of hydrogen-bond acceptors (Lipinski definition) is 2. The lowest BCUT2D eigenvalue weighted by molar-refractivity contribution is 0.657. The van der Waals surface area contributed by atoms with Crippen LogP contribution in [0.1, 0.15) is 36.7 Å². The van der Waals surface area contributed by atoms with Crippen LogP contribution in [0.25, 0.3) is 0 Å². The van der Waals surface area contributed by atoms with Crippen molar-refractivity contribution in [2.75, 3.05) is 0 Å². The minimum atomic E-state index is 0.771. The van der Waals surface area contributed by atoms with E-state index >= 15 is 0 Å². The molecule has 1 aliphatic carbocycles. The standard InChI is InChI=1S/C15H22N4/c1-3-13-8-15(18(2)17-13)11-19-7-6-12(10-19)9-16-14-4-5-14/h6-8,10,14,16H,3-5,9,11H2,1-2H3. The predicted octanol–water partition coefficient (Wildman–Crippen LogP) is 2.08. The van der Waals surface area contributed by atoms with E-state index in [1.807, 2.05) is 11.7 Å². The summed E-state index contributed by atoms with van der Waals surface area (Å²) in [4.78, 5) is 0. The van der Waals surface area contributed by atoms with Crippen LogP contribution < -0.4 is 5.32 Å². The Bertz CT molecular complexity index is 548. The molecule has 0 saturated heterocycles. The van der Waals surface area contributed by atoms with E-state index in [-0.39, 0.29) is 0 Å². The maximum absolute atomic E-state index is 4.49. The number of aryl methyl sites for hydroxylation is 2. The summed E-state index contributed by atoms with van der Waals surface area (Å²) in [5, 5.41) is 8.03. The molecule has 0 radical (unpaired) electrons. The lowest BCUT2D eigenvalue weighted by atomic mass is 10.3. The van der Waals surface area contributed by atoms with Gasteiger partial charge in [-0.15, -0.1) is 0 Å². The van der Waals surface area contributed by atoms with Crippen LogP contribution in [0.5, 0.6) is 0 Å². The fourth-order valence-corrected chi connectivity index (χ4v) is 2.32. The third-order valence-corrected chi connectivity index (χ3v) is 3.72. The summed E-state index contributed by atoms with van der Waals surface area (Å²) in [6.45, 7) is 4.03. The van der Waals surface area contributed by atoms with Crippen molar-refractivity contribution >= 4 is 0 Å². The molecule has 1 aliphatic rings. The number of aromatic nitrogens is 3. The average Bonchev–Trinajstić information content (AvgIpc) is 3.03. The van der Waals surface area contributed by atoms with Gasteiger partial charge >= 0.3 is 0 Å². The van der Waals surface area contributed by atoms with Crippen molar-refractivity contribution in [3.8, 4) is 0 Å². The van der Waals surface area contributed by atoms with E-state index in [9.17, 15) is 0 Å². The predicted molar refractivity (Wildman–Crippen MR) is 76.0 cm³/mol. The van der Waals surface area contributed by atoms with E-state index in [0.29, 0.717) is 0 Å². The quantitative estimate of drug-likeness (QED) is 0.861. The van der Waals surface area contributed by atoms with Gasteiger partial charge in [-0.3, -0.25) is 4.68 Å². The zero-order valence-electron chi connectivity index (χ0n) is 11.8. The molecule has 1 N–H and O–H groups in total. The van der Waals surface area contributed by atoms with Crippen molar-refractivity contribution in [2.45, 2.75) is 45.3 Å². The molecule has 0 unspecified atom stereocenters. The number of rotatable bonds is 6. The monoisotopic (exact) mass is 258 g/mol. The second kappa shape index (κ2) is 5.21. The Hall–Kier alpha value is -1.55. The van der Waals surface area contributed by atoms with Gasteiger partial charge < -0.3 is 9.88 Å². The van der Waals surface area contributed by atoms with E-state index < -0.39 is 0 Å². The highest BCUT2D eigenvalue weighted by molar-refractivity contribution is 5.15. The highest BCUT2D eigenvalue weighted by Gasteiger charge is 2.19. The summed E-state index contributed by atoms with van der Waals surface area (Å²) in [7, 11) is 2.02. The molecule has 0 bridgehead atoms. The van der Waals surface area contributed by atoms with Crippen molar-refractivity contribution in [3.05, 3.63) is 41.5 Å². The summed E-state index contributed by atoms with van der Waals surface area (Å²) in [6, 6.07) is 5.17. The van der Waals surface area contributed by atoms with E-state index in [4.69, 9.17) is 0 Å². The Morgan fingerprint density at radius 2 is 2.26 bits per heavy atom. The van der Waals surface area contributed by atoms with Gasteiger partial charge in [0, 0.05) is 32.0 Å². The third kappa shape index (κ3) is 3.07. The molecule has 2 aromatic heterocycles. The minimum absolute atomic E-state index is 0.771. The van der Waals surface area contributed by atoms with Gasteiger partial charge in [0.2, 0.25) is 0 Å². The summed E-state index contributed by atoms with van der Waals surface area (Å²) < 4.78 is 4.22. The van der Waals surface area contributed by atoms with E-state index in [1.54, 1.807) is 0 Å². The molecular formula is C15H22N4. The Balaban J connectivity index is 1.63. The zero-order valence-corrected chi connectivity index (χ0v) is 11.8. The number of nitrogens with zero attached hydrogens (tertiary/aromatic N) is 3. The molecule has 3 rings (SSSR count). The Kier molecular flexibility index (Phi) is 3.42. The normalized spacial score (nSPS) is 15.1. The van der Waals surface area contributed by atoms with Crippen molar-refractivity contribution in [1.29, 1.82) is 0 Å². The van der Waals surface area contributed by atoms with Crippen LogP contribution in [0.3, 0.4) is 0 Å². The maximum Gasteiger partial charge on any atom is 0.0639 e. The van der Waals surface area contributed by atoms with Crippen molar-refractivity contribution < 1.29 is 0 Å². The first kappa shape index (κ1) is 12.5. The molecule has 2 heterocycles. The number of nitrogens with one attached hydrogen (secondary N) is 1. The van der Waals surface area contributed by atoms with Crippen molar-refractivity contribution in [3.63, 3.8) is 0 Å². The Morgan fingerprint density at radius 1 is 1.42 bits per heavy atom. The van der Waals surface area contributed by atoms with Crippen molar-refractivity contribution in [2.24, 2.45) is 7.05 Å². The lowest BCUT2D eigenvalue weighted by Crippen LogP contribution is -2.14. The molecule has 1 saturated carbocycles. The first-order valence-corrected chi connectivity index (χ1v) is 7.14. The first-order valence-electron chi connectivity index (χ1n) is 7.14. The molecule has 1 fully saturated rings. The molecule has 0 aromatic carbocycles.